The van der Waals surface area contributed by atoms with E-state index in [2.05, 4.69) is 45.0 Å². The third kappa shape index (κ3) is 5.12. The molecule has 0 amide bonds. The minimum Gasteiger partial charge on any atom is -0.115 e. The summed E-state index contributed by atoms with van der Waals surface area (Å²) in [5.41, 5.74) is 2.71. The Morgan fingerprint density at radius 3 is 2.29 bits per heavy atom. The van der Waals surface area contributed by atoms with Crippen LogP contribution >= 0.6 is 11.6 Å². The molecular weight excluding hydrogens is 228 g/mol. The van der Waals surface area contributed by atoms with Gasteiger partial charge in [0.05, 0.1) is 4.87 Å². The molecule has 0 atom stereocenters. The zero-order chi connectivity index (χ0) is 12.7. The van der Waals surface area contributed by atoms with Crippen LogP contribution in [0.3, 0.4) is 0 Å². The molecule has 1 rings (SSSR count). The number of alkyl halides is 1. The number of hydrogen-bond donors (Lipinski definition) is 0. The highest BCUT2D eigenvalue weighted by atomic mass is 35.5. The van der Waals surface area contributed by atoms with Gasteiger partial charge in [-0.3, -0.25) is 0 Å². The van der Waals surface area contributed by atoms with Gasteiger partial charge >= 0.3 is 0 Å². The molecule has 0 spiro atoms. The maximum absolute atomic E-state index is 6.43. The predicted octanol–water partition coefficient (Wildman–Crippen LogP) is 5.67. The van der Waals surface area contributed by atoms with Gasteiger partial charge in [-0.15, -0.1) is 11.6 Å². The molecule has 1 heteroatoms. The van der Waals surface area contributed by atoms with Crippen LogP contribution in [0.1, 0.15) is 64.0 Å². The van der Waals surface area contributed by atoms with Gasteiger partial charge in [0.15, 0.2) is 0 Å². The zero-order valence-electron chi connectivity index (χ0n) is 11.4. The summed E-state index contributed by atoms with van der Waals surface area (Å²) in [6, 6.07) is 8.58. The summed E-state index contributed by atoms with van der Waals surface area (Å²) in [6.07, 6.45) is 7.82. The molecule has 0 bridgehead atoms. The molecule has 0 N–H and O–H groups in total. The van der Waals surface area contributed by atoms with E-state index in [1.165, 1.54) is 43.2 Å². The molecule has 0 nitrogen and oxygen atoms in total. The van der Waals surface area contributed by atoms with Gasteiger partial charge in [0.25, 0.3) is 0 Å². The Balaban J connectivity index is 2.53. The van der Waals surface area contributed by atoms with Crippen molar-refractivity contribution in [3.8, 4) is 0 Å². The summed E-state index contributed by atoms with van der Waals surface area (Å²) in [7, 11) is 0. The molecule has 0 aliphatic heterocycles. The van der Waals surface area contributed by atoms with Gasteiger partial charge in [0.1, 0.15) is 0 Å². The first-order chi connectivity index (χ1) is 8.05. The maximum Gasteiger partial charge on any atom is 0.0641 e. The summed E-state index contributed by atoms with van der Waals surface area (Å²) in [4.78, 5) is -0.250. The van der Waals surface area contributed by atoms with E-state index in [1.54, 1.807) is 0 Å². The van der Waals surface area contributed by atoms with Crippen LogP contribution in [0.15, 0.2) is 24.3 Å². The van der Waals surface area contributed by atoms with Crippen molar-refractivity contribution in [2.45, 2.75) is 64.2 Å². The molecule has 0 aromatic heterocycles. The second-order valence-electron chi connectivity index (χ2n) is 5.29. The highest BCUT2D eigenvalue weighted by molar-refractivity contribution is 6.23. The lowest BCUT2D eigenvalue weighted by Crippen LogP contribution is -2.10. The van der Waals surface area contributed by atoms with Gasteiger partial charge in [0, 0.05) is 0 Å². The summed E-state index contributed by atoms with van der Waals surface area (Å²) in [5, 5.41) is 0. The number of aryl methyl sites for hydroxylation is 1. The molecule has 0 radical (unpaired) electrons. The first kappa shape index (κ1) is 14.6. The van der Waals surface area contributed by atoms with Crippen LogP contribution in [-0.4, -0.2) is 0 Å². The van der Waals surface area contributed by atoms with E-state index in [9.17, 15) is 0 Å². The second-order valence-corrected chi connectivity index (χ2v) is 6.24. The normalized spacial score (nSPS) is 11.8. The van der Waals surface area contributed by atoms with Crippen LogP contribution < -0.4 is 0 Å². The van der Waals surface area contributed by atoms with Gasteiger partial charge < -0.3 is 0 Å². The Kier molecular flexibility index (Phi) is 6.05. The van der Waals surface area contributed by atoms with Crippen molar-refractivity contribution in [2.24, 2.45) is 0 Å². The van der Waals surface area contributed by atoms with E-state index in [1.807, 2.05) is 0 Å². The Morgan fingerprint density at radius 1 is 1.00 bits per heavy atom. The van der Waals surface area contributed by atoms with E-state index in [0.717, 1.165) is 6.42 Å². The molecule has 0 saturated carbocycles. The van der Waals surface area contributed by atoms with Crippen LogP contribution in [0.5, 0.6) is 0 Å². The van der Waals surface area contributed by atoms with Gasteiger partial charge in [-0.05, 0) is 37.8 Å². The fraction of sp³-hybridized carbons (Fsp3) is 0.625. The smallest absolute Gasteiger partial charge is 0.0641 e. The van der Waals surface area contributed by atoms with Crippen molar-refractivity contribution in [1.29, 1.82) is 0 Å². The van der Waals surface area contributed by atoms with Gasteiger partial charge in [-0.2, -0.15) is 0 Å². The van der Waals surface area contributed by atoms with E-state index in [-0.39, 0.29) is 4.87 Å². The van der Waals surface area contributed by atoms with Crippen molar-refractivity contribution in [3.63, 3.8) is 0 Å². The largest absolute Gasteiger partial charge is 0.115 e. The summed E-state index contributed by atoms with van der Waals surface area (Å²) in [5.74, 6) is 0. The molecule has 96 valence electrons. The molecular formula is C16H25Cl. The fourth-order valence-corrected chi connectivity index (χ4v) is 2.42. The molecule has 0 unspecified atom stereocenters. The average molecular weight is 253 g/mol. The van der Waals surface area contributed by atoms with Crippen molar-refractivity contribution >= 4 is 11.6 Å². The molecule has 0 fully saturated rings. The van der Waals surface area contributed by atoms with E-state index in [4.69, 9.17) is 11.6 Å². The quantitative estimate of drug-likeness (QED) is 0.433. The predicted molar refractivity (Wildman–Crippen MR) is 77.8 cm³/mol. The Hall–Kier alpha value is -0.490. The minimum atomic E-state index is -0.250. The molecule has 0 saturated heterocycles. The van der Waals surface area contributed by atoms with Crippen molar-refractivity contribution in [2.75, 3.05) is 0 Å². The van der Waals surface area contributed by atoms with Crippen LogP contribution in [-0.2, 0) is 11.3 Å². The first-order valence-electron chi connectivity index (χ1n) is 6.83. The van der Waals surface area contributed by atoms with Gasteiger partial charge in [0.2, 0.25) is 0 Å². The van der Waals surface area contributed by atoms with Crippen LogP contribution in [0, 0.1) is 0 Å². The summed E-state index contributed by atoms with van der Waals surface area (Å²) in [6.45, 7) is 6.40. The molecule has 1 aromatic carbocycles. The molecule has 0 heterocycles. The number of rotatable bonds is 7. The maximum atomic E-state index is 6.43. The fourth-order valence-electron chi connectivity index (χ4n) is 2.24. The van der Waals surface area contributed by atoms with Crippen LogP contribution in [0.2, 0.25) is 0 Å². The first-order valence-corrected chi connectivity index (χ1v) is 7.20. The zero-order valence-corrected chi connectivity index (χ0v) is 12.2. The lowest BCUT2D eigenvalue weighted by molar-refractivity contribution is 0.627. The Morgan fingerprint density at radius 2 is 1.65 bits per heavy atom. The topological polar surface area (TPSA) is 0 Å². The van der Waals surface area contributed by atoms with Crippen molar-refractivity contribution in [1.82, 2.24) is 0 Å². The molecule has 0 aliphatic rings. The standard InChI is InChI=1S/C16H25Cl/c1-4-5-6-7-8-11-14-12-9-10-13-15(14)16(2,3)17/h9-10,12-13H,4-8,11H2,1-3H3. The molecule has 1 aromatic rings. The third-order valence-electron chi connectivity index (χ3n) is 3.21. The minimum absolute atomic E-state index is 0.250. The van der Waals surface area contributed by atoms with Crippen LogP contribution in [0.4, 0.5) is 0 Å². The lowest BCUT2D eigenvalue weighted by atomic mass is 9.93. The van der Waals surface area contributed by atoms with Gasteiger partial charge in [-0.25, -0.2) is 0 Å². The highest BCUT2D eigenvalue weighted by Gasteiger charge is 2.19. The van der Waals surface area contributed by atoms with Crippen molar-refractivity contribution in [3.05, 3.63) is 35.4 Å². The average Bonchev–Trinajstić information content (AvgIpc) is 2.28. The number of benzene rings is 1. The van der Waals surface area contributed by atoms with E-state index >= 15 is 0 Å². The number of unbranched alkanes of at least 4 members (excludes halogenated alkanes) is 4. The summed E-state index contributed by atoms with van der Waals surface area (Å²) < 4.78 is 0. The molecule has 0 aliphatic carbocycles. The van der Waals surface area contributed by atoms with Crippen LogP contribution in [0.25, 0.3) is 0 Å². The SMILES string of the molecule is CCCCCCCc1ccccc1C(C)(C)Cl. The highest BCUT2D eigenvalue weighted by Crippen LogP contribution is 2.31. The number of halogens is 1. The van der Waals surface area contributed by atoms with E-state index < -0.39 is 0 Å². The van der Waals surface area contributed by atoms with Gasteiger partial charge in [-0.1, -0.05) is 56.9 Å². The Labute approximate surface area is 111 Å². The van der Waals surface area contributed by atoms with Crippen molar-refractivity contribution < 1.29 is 0 Å². The molecule has 17 heavy (non-hydrogen) atoms. The Bertz CT molecular complexity index is 323. The lowest BCUT2D eigenvalue weighted by Gasteiger charge is -2.20. The van der Waals surface area contributed by atoms with E-state index in [0.29, 0.717) is 0 Å². The summed E-state index contributed by atoms with van der Waals surface area (Å²) >= 11 is 6.43. The second kappa shape index (κ2) is 7.06. The monoisotopic (exact) mass is 252 g/mol. The third-order valence-corrected chi connectivity index (χ3v) is 3.41. The number of hydrogen-bond acceptors (Lipinski definition) is 0.